The second-order valence-electron chi connectivity index (χ2n) is 7.12. The number of imidazole rings is 1. The summed E-state index contributed by atoms with van der Waals surface area (Å²) in [5.74, 6) is 1.47. The van der Waals surface area contributed by atoms with Gasteiger partial charge in [-0.2, -0.15) is 5.26 Å². The van der Waals surface area contributed by atoms with Gasteiger partial charge in [-0.25, -0.2) is 9.78 Å². The first kappa shape index (κ1) is 20.1. The van der Waals surface area contributed by atoms with Gasteiger partial charge < -0.3 is 14.4 Å². The van der Waals surface area contributed by atoms with Crippen molar-refractivity contribution in [2.45, 2.75) is 19.6 Å². The van der Waals surface area contributed by atoms with Crippen LogP contribution in [0.5, 0.6) is 11.5 Å². The van der Waals surface area contributed by atoms with Gasteiger partial charge >= 0.3 is 5.69 Å². The molecule has 0 aliphatic carbocycles. The number of aliphatic hydroxyl groups is 1. The number of rotatable bonds is 5. The smallest absolute Gasteiger partial charge is 0.330 e. The maximum atomic E-state index is 12.4. The third kappa shape index (κ3) is 3.72. The Labute approximate surface area is 176 Å². The van der Waals surface area contributed by atoms with Crippen LogP contribution in [-0.2, 0) is 13.6 Å². The normalized spacial score (nSPS) is 11.9. The molecule has 2 heterocycles. The molecule has 2 aromatic carbocycles. The largest absolute Gasteiger partial charge is 0.456 e. The number of hydrogen-bond donors (Lipinski definition) is 2. The number of nitriles is 1. The lowest BCUT2D eigenvalue weighted by molar-refractivity contribution is 0.173. The van der Waals surface area contributed by atoms with E-state index in [1.54, 1.807) is 67.1 Å². The van der Waals surface area contributed by atoms with Gasteiger partial charge in [0.2, 0.25) is 0 Å². The van der Waals surface area contributed by atoms with Gasteiger partial charge in [0.15, 0.2) is 11.2 Å². The molecule has 0 amide bonds. The average molecular weight is 417 g/mol. The Bertz CT molecular complexity index is 1420. The minimum absolute atomic E-state index is 0.00759. The van der Waals surface area contributed by atoms with E-state index in [-0.39, 0.29) is 17.7 Å². The summed E-state index contributed by atoms with van der Waals surface area (Å²) in [6.45, 7) is 1.56. The van der Waals surface area contributed by atoms with Crippen molar-refractivity contribution in [3.8, 4) is 29.0 Å². The number of aromatic amines is 1. The van der Waals surface area contributed by atoms with Crippen molar-refractivity contribution in [1.29, 1.82) is 5.26 Å². The van der Waals surface area contributed by atoms with Crippen molar-refractivity contribution < 1.29 is 9.84 Å². The summed E-state index contributed by atoms with van der Waals surface area (Å²) in [5.41, 5.74) is 0.403. The van der Waals surface area contributed by atoms with Crippen LogP contribution >= 0.6 is 0 Å². The summed E-state index contributed by atoms with van der Waals surface area (Å²) < 4.78 is 8.66. The molecule has 0 bridgehead atoms. The van der Waals surface area contributed by atoms with Gasteiger partial charge in [0, 0.05) is 12.6 Å². The van der Waals surface area contributed by atoms with Gasteiger partial charge in [0.05, 0.1) is 18.2 Å². The van der Waals surface area contributed by atoms with Crippen LogP contribution in [0.2, 0.25) is 0 Å². The molecule has 0 saturated carbocycles. The zero-order chi connectivity index (χ0) is 22.1. The number of H-pyrrole nitrogens is 1. The predicted octanol–water partition coefficient (Wildman–Crippen LogP) is 2.14. The first-order chi connectivity index (χ1) is 14.9. The molecule has 1 atom stereocenters. The first-order valence-electron chi connectivity index (χ1n) is 9.54. The van der Waals surface area contributed by atoms with Crippen LogP contribution in [0, 0.1) is 11.3 Å². The fourth-order valence-corrected chi connectivity index (χ4v) is 3.39. The SMILES string of the molecule is CC(O)Cn1c(=O)[nH]c(=O)c2c1nc(-c1ccc(Oc3ccccc3C#N)cc1)n2C. The lowest BCUT2D eigenvalue weighted by Crippen LogP contribution is -2.33. The van der Waals surface area contributed by atoms with Crippen LogP contribution in [0.3, 0.4) is 0 Å². The van der Waals surface area contributed by atoms with Gasteiger partial charge in [0.1, 0.15) is 23.4 Å². The third-order valence-electron chi connectivity index (χ3n) is 4.81. The van der Waals surface area contributed by atoms with Crippen LogP contribution < -0.4 is 16.0 Å². The molecule has 9 nitrogen and oxygen atoms in total. The van der Waals surface area contributed by atoms with Crippen molar-refractivity contribution in [1.82, 2.24) is 19.1 Å². The van der Waals surface area contributed by atoms with E-state index in [1.807, 2.05) is 0 Å². The topological polar surface area (TPSA) is 126 Å². The lowest BCUT2D eigenvalue weighted by Gasteiger charge is -2.08. The Kier molecular flexibility index (Phi) is 5.15. The molecule has 0 fully saturated rings. The van der Waals surface area contributed by atoms with Gasteiger partial charge in [-0.3, -0.25) is 14.3 Å². The molecule has 0 saturated heterocycles. The summed E-state index contributed by atoms with van der Waals surface area (Å²) in [6.07, 6.45) is -0.787. The molecule has 9 heteroatoms. The number of benzene rings is 2. The fraction of sp³-hybridized carbons (Fsp3) is 0.182. The maximum Gasteiger partial charge on any atom is 0.330 e. The van der Waals surface area contributed by atoms with Crippen molar-refractivity contribution in [3.63, 3.8) is 0 Å². The monoisotopic (exact) mass is 417 g/mol. The van der Waals surface area contributed by atoms with E-state index in [0.717, 1.165) is 0 Å². The first-order valence-corrected chi connectivity index (χ1v) is 9.54. The van der Waals surface area contributed by atoms with Crippen LogP contribution in [0.15, 0.2) is 58.1 Å². The number of aryl methyl sites for hydroxylation is 1. The van der Waals surface area contributed by atoms with Crippen LogP contribution in [0.1, 0.15) is 12.5 Å². The number of fused-ring (bicyclic) bond motifs is 1. The second kappa shape index (κ2) is 7.93. The van der Waals surface area contributed by atoms with Crippen LogP contribution in [0.25, 0.3) is 22.6 Å². The highest BCUT2D eigenvalue weighted by Gasteiger charge is 2.18. The lowest BCUT2D eigenvalue weighted by atomic mass is 10.2. The molecule has 0 aliphatic heterocycles. The minimum Gasteiger partial charge on any atom is -0.456 e. The zero-order valence-electron chi connectivity index (χ0n) is 16.9. The highest BCUT2D eigenvalue weighted by Crippen LogP contribution is 2.28. The van der Waals surface area contributed by atoms with Gasteiger partial charge in [0.25, 0.3) is 5.56 Å². The van der Waals surface area contributed by atoms with Crippen molar-refractivity contribution in [2.24, 2.45) is 7.05 Å². The van der Waals surface area contributed by atoms with E-state index in [9.17, 15) is 20.0 Å². The van der Waals surface area contributed by atoms with Crippen LogP contribution in [-0.4, -0.2) is 30.3 Å². The standard InChI is InChI=1S/C22H19N5O4/c1-13(28)12-27-20-18(21(29)25-22(27)30)26(2)19(24-20)14-7-9-16(10-8-14)31-17-6-4-3-5-15(17)11-23/h3-10,13,28H,12H2,1-2H3,(H,25,29,30). The minimum atomic E-state index is -0.787. The Hall–Kier alpha value is -4.16. The number of hydrogen-bond acceptors (Lipinski definition) is 6. The Balaban J connectivity index is 1.75. The Morgan fingerprint density at radius 3 is 2.58 bits per heavy atom. The zero-order valence-corrected chi connectivity index (χ0v) is 16.9. The molecule has 4 aromatic rings. The predicted molar refractivity (Wildman–Crippen MR) is 114 cm³/mol. The fourth-order valence-electron chi connectivity index (χ4n) is 3.39. The van der Waals surface area contributed by atoms with E-state index in [2.05, 4.69) is 16.0 Å². The summed E-state index contributed by atoms with van der Waals surface area (Å²) in [5, 5.41) is 18.9. The molecule has 0 aliphatic rings. The molecular weight excluding hydrogens is 398 g/mol. The molecular formula is C22H19N5O4. The second-order valence-corrected chi connectivity index (χ2v) is 7.12. The number of nitrogens with one attached hydrogen (secondary N) is 1. The van der Waals surface area contributed by atoms with E-state index in [4.69, 9.17) is 4.74 Å². The number of para-hydroxylation sites is 1. The van der Waals surface area contributed by atoms with E-state index in [0.29, 0.717) is 28.5 Å². The molecule has 2 N–H and O–H groups in total. The molecule has 2 aromatic heterocycles. The van der Waals surface area contributed by atoms with Crippen molar-refractivity contribution >= 4 is 11.2 Å². The summed E-state index contributed by atoms with van der Waals surface area (Å²) >= 11 is 0. The highest BCUT2D eigenvalue weighted by atomic mass is 16.5. The molecule has 4 rings (SSSR count). The summed E-state index contributed by atoms with van der Waals surface area (Å²) in [4.78, 5) is 31.4. The number of nitrogens with zero attached hydrogens (tertiary/aromatic N) is 4. The number of ether oxygens (including phenoxy) is 1. The summed E-state index contributed by atoms with van der Waals surface area (Å²) in [7, 11) is 1.69. The van der Waals surface area contributed by atoms with Gasteiger partial charge in [-0.1, -0.05) is 12.1 Å². The molecule has 0 radical (unpaired) electrons. The Morgan fingerprint density at radius 1 is 1.19 bits per heavy atom. The molecule has 0 spiro atoms. The van der Waals surface area contributed by atoms with Crippen LogP contribution in [0.4, 0.5) is 0 Å². The molecule has 1 unspecified atom stereocenters. The van der Waals surface area contributed by atoms with Crippen molar-refractivity contribution in [3.05, 3.63) is 74.9 Å². The van der Waals surface area contributed by atoms with E-state index < -0.39 is 17.4 Å². The van der Waals surface area contributed by atoms with E-state index >= 15 is 0 Å². The quantitative estimate of drug-likeness (QED) is 0.512. The van der Waals surface area contributed by atoms with Gasteiger partial charge in [-0.05, 0) is 43.3 Å². The number of aliphatic hydroxyl groups excluding tert-OH is 1. The summed E-state index contributed by atoms with van der Waals surface area (Å²) in [6, 6.07) is 16.0. The molecule has 31 heavy (non-hydrogen) atoms. The third-order valence-corrected chi connectivity index (χ3v) is 4.81. The maximum absolute atomic E-state index is 12.4. The van der Waals surface area contributed by atoms with Gasteiger partial charge in [-0.15, -0.1) is 0 Å². The van der Waals surface area contributed by atoms with Crippen molar-refractivity contribution in [2.75, 3.05) is 0 Å². The molecule has 156 valence electrons. The Morgan fingerprint density at radius 2 is 1.90 bits per heavy atom. The highest BCUT2D eigenvalue weighted by molar-refractivity contribution is 5.77. The van der Waals surface area contributed by atoms with E-state index in [1.165, 1.54) is 4.57 Å². The number of aromatic nitrogens is 4. The average Bonchev–Trinajstić information content (AvgIpc) is 3.09.